The second kappa shape index (κ2) is 7.07. The molecule has 0 saturated carbocycles. The van der Waals surface area contributed by atoms with Crippen LogP contribution >= 0.6 is 0 Å². The number of nitrogens with zero attached hydrogens (tertiary/aromatic N) is 2. The molecule has 1 aromatic carbocycles. The van der Waals surface area contributed by atoms with E-state index in [0.717, 1.165) is 12.1 Å². The summed E-state index contributed by atoms with van der Waals surface area (Å²) in [6, 6.07) is 10.3. The van der Waals surface area contributed by atoms with E-state index in [0.29, 0.717) is 18.4 Å². The Hall–Kier alpha value is -2.10. The van der Waals surface area contributed by atoms with Crippen LogP contribution in [0, 0.1) is 6.92 Å². The molecule has 1 aromatic heterocycles. The van der Waals surface area contributed by atoms with Crippen LogP contribution in [0.3, 0.4) is 0 Å². The van der Waals surface area contributed by atoms with Crippen LogP contribution in [0.1, 0.15) is 37.6 Å². The lowest BCUT2D eigenvalue weighted by Crippen LogP contribution is -2.10. The Balaban J connectivity index is 2.10. The molecule has 0 bridgehead atoms. The first-order valence-corrected chi connectivity index (χ1v) is 7.41. The van der Waals surface area contributed by atoms with E-state index < -0.39 is 0 Å². The van der Waals surface area contributed by atoms with Gasteiger partial charge in [0.05, 0.1) is 6.10 Å². The van der Waals surface area contributed by atoms with E-state index in [1.54, 1.807) is 0 Å². The Morgan fingerprint density at radius 2 is 1.86 bits per heavy atom. The van der Waals surface area contributed by atoms with Crippen LogP contribution in [-0.4, -0.2) is 16.1 Å². The predicted molar refractivity (Wildman–Crippen MR) is 85.7 cm³/mol. The molecular formula is C17H23N3O. The maximum absolute atomic E-state index is 5.64. The minimum atomic E-state index is 0.105. The molecule has 1 heterocycles. The van der Waals surface area contributed by atoms with Crippen molar-refractivity contribution in [2.75, 3.05) is 5.32 Å². The summed E-state index contributed by atoms with van der Waals surface area (Å²) < 4.78 is 5.64. The number of ether oxygens (including phenoxy) is 1. The molecule has 0 amide bonds. The van der Waals surface area contributed by atoms with Gasteiger partial charge < -0.3 is 10.1 Å². The number of nitrogens with one attached hydrogen (secondary N) is 1. The topological polar surface area (TPSA) is 47.0 Å². The normalized spacial score (nSPS) is 10.7. The predicted octanol–water partition coefficient (Wildman–Crippen LogP) is 3.75. The van der Waals surface area contributed by atoms with Crippen molar-refractivity contribution in [1.29, 1.82) is 0 Å². The summed E-state index contributed by atoms with van der Waals surface area (Å²) in [4.78, 5) is 8.81. The fraction of sp³-hybridized carbons (Fsp3) is 0.412. The van der Waals surface area contributed by atoms with Gasteiger partial charge in [-0.3, -0.25) is 0 Å². The molecule has 0 spiro atoms. The summed E-state index contributed by atoms with van der Waals surface area (Å²) in [5.74, 6) is 1.22. The summed E-state index contributed by atoms with van der Waals surface area (Å²) >= 11 is 0. The van der Waals surface area contributed by atoms with E-state index in [2.05, 4.69) is 46.5 Å². The third-order valence-corrected chi connectivity index (χ3v) is 3.12. The molecule has 4 heteroatoms. The molecule has 0 unspecified atom stereocenters. The van der Waals surface area contributed by atoms with Crippen molar-refractivity contribution in [3.05, 3.63) is 47.2 Å². The minimum Gasteiger partial charge on any atom is -0.475 e. The Labute approximate surface area is 126 Å². The highest BCUT2D eigenvalue weighted by atomic mass is 16.5. The van der Waals surface area contributed by atoms with Crippen LogP contribution in [0.2, 0.25) is 0 Å². The van der Waals surface area contributed by atoms with Crippen molar-refractivity contribution in [3.63, 3.8) is 0 Å². The van der Waals surface area contributed by atoms with Gasteiger partial charge in [-0.2, -0.15) is 4.98 Å². The minimum absolute atomic E-state index is 0.105. The summed E-state index contributed by atoms with van der Waals surface area (Å²) in [6.07, 6.45) is 1.13. The quantitative estimate of drug-likeness (QED) is 0.878. The van der Waals surface area contributed by atoms with E-state index in [1.807, 2.05) is 26.8 Å². The molecule has 2 aromatic rings. The van der Waals surface area contributed by atoms with Gasteiger partial charge in [0, 0.05) is 18.3 Å². The average Bonchev–Trinajstić information content (AvgIpc) is 2.44. The van der Waals surface area contributed by atoms with Crippen molar-refractivity contribution in [3.8, 4) is 5.88 Å². The van der Waals surface area contributed by atoms with Gasteiger partial charge in [0.1, 0.15) is 0 Å². The summed E-state index contributed by atoms with van der Waals surface area (Å²) in [5, 5.41) is 3.29. The molecule has 0 aliphatic carbocycles. The number of anilines is 1. The van der Waals surface area contributed by atoms with Crippen LogP contribution < -0.4 is 10.1 Å². The number of aromatic nitrogens is 2. The van der Waals surface area contributed by atoms with Crippen LogP contribution in [-0.2, 0) is 13.0 Å². The van der Waals surface area contributed by atoms with Crippen LogP contribution in [0.5, 0.6) is 5.88 Å². The second-order valence-corrected chi connectivity index (χ2v) is 5.31. The first kappa shape index (κ1) is 15.3. The molecule has 0 radical (unpaired) electrons. The highest BCUT2D eigenvalue weighted by Gasteiger charge is 2.06. The average molecular weight is 285 g/mol. The van der Waals surface area contributed by atoms with Crippen LogP contribution in [0.4, 0.5) is 5.95 Å². The first-order valence-electron chi connectivity index (χ1n) is 7.41. The van der Waals surface area contributed by atoms with Crippen LogP contribution in [0.25, 0.3) is 0 Å². The molecule has 0 atom stereocenters. The Bertz CT molecular complexity index is 596. The largest absolute Gasteiger partial charge is 0.475 e. The zero-order chi connectivity index (χ0) is 15.2. The first-order chi connectivity index (χ1) is 10.1. The van der Waals surface area contributed by atoms with Gasteiger partial charge in [-0.25, -0.2) is 4.98 Å². The van der Waals surface area contributed by atoms with E-state index in [-0.39, 0.29) is 6.10 Å². The summed E-state index contributed by atoms with van der Waals surface area (Å²) in [5.41, 5.74) is 3.51. The van der Waals surface area contributed by atoms with Crippen LogP contribution in [0.15, 0.2) is 30.3 Å². The molecule has 112 valence electrons. The highest BCUT2D eigenvalue weighted by molar-refractivity contribution is 5.35. The van der Waals surface area contributed by atoms with Crippen molar-refractivity contribution in [2.45, 2.75) is 46.8 Å². The zero-order valence-corrected chi connectivity index (χ0v) is 13.2. The number of hydrogen-bond donors (Lipinski definition) is 1. The van der Waals surface area contributed by atoms with Gasteiger partial charge in [0.25, 0.3) is 0 Å². The monoisotopic (exact) mass is 285 g/mol. The van der Waals surface area contributed by atoms with Gasteiger partial charge in [-0.15, -0.1) is 0 Å². The lowest BCUT2D eigenvalue weighted by atomic mass is 10.1. The summed E-state index contributed by atoms with van der Waals surface area (Å²) in [6.45, 7) is 8.80. The number of benzene rings is 1. The fourth-order valence-electron chi connectivity index (χ4n) is 2.17. The number of aryl methyl sites for hydroxylation is 2. The lowest BCUT2D eigenvalue weighted by Gasteiger charge is -2.12. The van der Waals surface area contributed by atoms with Crippen molar-refractivity contribution >= 4 is 5.95 Å². The van der Waals surface area contributed by atoms with E-state index in [1.165, 1.54) is 11.1 Å². The molecule has 0 aliphatic rings. The van der Waals surface area contributed by atoms with Crippen molar-refractivity contribution < 1.29 is 4.74 Å². The molecule has 0 fully saturated rings. The van der Waals surface area contributed by atoms with Gasteiger partial charge in [-0.05, 0) is 38.3 Å². The SMILES string of the molecule is CCc1ccccc1CNc1nc(C)cc(OC(C)C)n1. The molecule has 21 heavy (non-hydrogen) atoms. The van der Waals surface area contributed by atoms with Gasteiger partial charge in [0.2, 0.25) is 11.8 Å². The summed E-state index contributed by atoms with van der Waals surface area (Å²) in [7, 11) is 0. The molecule has 2 rings (SSSR count). The smallest absolute Gasteiger partial charge is 0.226 e. The number of rotatable bonds is 6. The van der Waals surface area contributed by atoms with E-state index >= 15 is 0 Å². The Kier molecular flexibility index (Phi) is 5.14. The van der Waals surface area contributed by atoms with Gasteiger partial charge >= 0.3 is 0 Å². The van der Waals surface area contributed by atoms with Crippen molar-refractivity contribution in [2.24, 2.45) is 0 Å². The third-order valence-electron chi connectivity index (χ3n) is 3.12. The molecule has 1 N–H and O–H groups in total. The molecule has 4 nitrogen and oxygen atoms in total. The molecular weight excluding hydrogens is 262 g/mol. The zero-order valence-electron chi connectivity index (χ0n) is 13.2. The highest BCUT2D eigenvalue weighted by Crippen LogP contribution is 2.15. The van der Waals surface area contributed by atoms with Gasteiger partial charge in [-0.1, -0.05) is 31.2 Å². The number of hydrogen-bond acceptors (Lipinski definition) is 4. The Morgan fingerprint density at radius 1 is 1.14 bits per heavy atom. The Morgan fingerprint density at radius 3 is 2.52 bits per heavy atom. The molecule has 0 saturated heterocycles. The van der Waals surface area contributed by atoms with Crippen molar-refractivity contribution in [1.82, 2.24) is 9.97 Å². The molecule has 0 aliphatic heterocycles. The third kappa shape index (κ3) is 4.45. The fourth-order valence-corrected chi connectivity index (χ4v) is 2.17. The van der Waals surface area contributed by atoms with E-state index in [9.17, 15) is 0 Å². The maximum atomic E-state index is 5.64. The van der Waals surface area contributed by atoms with Gasteiger partial charge in [0.15, 0.2) is 0 Å². The standard InChI is InChI=1S/C17H23N3O/c1-5-14-8-6-7-9-15(14)11-18-17-19-13(4)10-16(20-17)21-12(2)3/h6-10,12H,5,11H2,1-4H3,(H,18,19,20). The maximum Gasteiger partial charge on any atom is 0.226 e. The van der Waals surface area contributed by atoms with E-state index in [4.69, 9.17) is 4.74 Å². The second-order valence-electron chi connectivity index (χ2n) is 5.31. The lowest BCUT2D eigenvalue weighted by molar-refractivity contribution is 0.232.